The van der Waals surface area contributed by atoms with Crippen LogP contribution in [0.25, 0.3) is 39.3 Å². The molecule has 5 aromatic rings. The summed E-state index contributed by atoms with van der Waals surface area (Å²) in [5.74, 6) is 0. The van der Waals surface area contributed by atoms with Crippen LogP contribution in [0.3, 0.4) is 0 Å². The number of pyridine rings is 1. The van der Waals surface area contributed by atoms with Gasteiger partial charge in [0.05, 0.1) is 5.56 Å². The second-order valence-electron chi connectivity index (χ2n) is 8.33. The molecule has 0 aliphatic heterocycles. The number of aromatic nitrogens is 1. The molecular weight excluding hydrogens is 466 g/mol. The van der Waals surface area contributed by atoms with Gasteiger partial charge < -0.3 is 17.0 Å². The highest BCUT2D eigenvalue weighted by molar-refractivity contribution is 5.81. The monoisotopic (exact) mass is 489 g/mol. The minimum Gasteiger partial charge on any atom is -1.00 e. The molecule has 0 unspecified atom stereocenters. The first-order valence-corrected chi connectivity index (χ1v) is 11.3. The zero-order valence-electron chi connectivity index (χ0n) is 18.3. The van der Waals surface area contributed by atoms with Gasteiger partial charge in [-0.05, 0) is 47.7 Å². The van der Waals surface area contributed by atoms with Crippen molar-refractivity contribution in [3.8, 4) is 39.3 Å². The third-order valence-corrected chi connectivity index (χ3v) is 6.44. The number of aryl methyl sites for hydroxylation is 1. The first-order chi connectivity index (χ1) is 15.9. The number of rotatable bonds is 3. The Bertz CT molecular complexity index is 1390. The Morgan fingerprint density at radius 2 is 1.09 bits per heavy atom. The van der Waals surface area contributed by atoms with Crippen molar-refractivity contribution in [2.24, 2.45) is 0 Å². The summed E-state index contributed by atoms with van der Waals surface area (Å²) in [6, 6.07) is 43.7. The maximum Gasteiger partial charge on any atom is 0.223 e. The Hall–Kier alpha value is -3.49. The highest BCUT2D eigenvalue weighted by Gasteiger charge is 2.33. The van der Waals surface area contributed by atoms with E-state index in [-0.39, 0.29) is 17.0 Å². The number of benzene rings is 4. The van der Waals surface area contributed by atoms with Gasteiger partial charge in [-0.2, -0.15) is 4.57 Å². The van der Waals surface area contributed by atoms with Gasteiger partial charge in [0, 0.05) is 29.3 Å². The van der Waals surface area contributed by atoms with Gasteiger partial charge in [-0.25, -0.2) is 0 Å². The average molecular weight is 490 g/mol. The summed E-state index contributed by atoms with van der Waals surface area (Å²) < 4.78 is 2.47. The summed E-state index contributed by atoms with van der Waals surface area (Å²) in [7, 11) is 0. The van der Waals surface area contributed by atoms with Crippen LogP contribution in [-0.4, -0.2) is 0 Å². The normalized spacial score (nSPS) is 11.8. The molecule has 33 heavy (non-hydrogen) atoms. The molecule has 1 aromatic heterocycles. The number of hydrogen-bond acceptors (Lipinski definition) is 0. The molecule has 0 bridgehead atoms. The number of hydrogen-bond donors (Lipinski definition) is 0. The van der Waals surface area contributed by atoms with E-state index >= 15 is 0 Å². The highest BCUT2D eigenvalue weighted by atomic mass is 79.9. The summed E-state index contributed by atoms with van der Waals surface area (Å²) in [5, 5.41) is 0. The largest absolute Gasteiger partial charge is 1.00 e. The topological polar surface area (TPSA) is 3.88 Å². The molecule has 6 rings (SSSR count). The highest BCUT2D eigenvalue weighted by Crippen LogP contribution is 2.39. The summed E-state index contributed by atoms with van der Waals surface area (Å²) in [6.07, 6.45) is 2.11. The molecule has 0 saturated carbocycles. The lowest BCUT2D eigenvalue weighted by atomic mass is 9.83. The Labute approximate surface area is 205 Å². The van der Waals surface area contributed by atoms with Crippen LogP contribution in [0, 0.1) is 0 Å². The predicted octanol–water partition coefficient (Wildman–Crippen LogP) is 4.07. The van der Waals surface area contributed by atoms with Gasteiger partial charge in [-0.3, -0.25) is 0 Å². The van der Waals surface area contributed by atoms with Crippen LogP contribution < -0.4 is 21.5 Å². The molecular formula is C31H24BrN. The van der Waals surface area contributed by atoms with Gasteiger partial charge in [0.15, 0.2) is 0 Å². The molecule has 1 nitrogen and oxygen atoms in total. The Balaban J connectivity index is 0.00000228. The molecule has 1 aliphatic carbocycles. The fraction of sp³-hybridized carbons (Fsp3) is 0.0645. The summed E-state index contributed by atoms with van der Waals surface area (Å²) >= 11 is 0. The van der Waals surface area contributed by atoms with Crippen LogP contribution in [0.2, 0.25) is 0 Å². The molecule has 0 radical (unpaired) electrons. The molecule has 0 amide bonds. The number of nitrogens with zero attached hydrogens (tertiary/aromatic N) is 1. The fourth-order valence-corrected chi connectivity index (χ4v) is 4.98. The lowest BCUT2D eigenvalue weighted by Gasteiger charge is -2.22. The van der Waals surface area contributed by atoms with E-state index in [2.05, 4.69) is 126 Å². The molecule has 160 valence electrons. The Morgan fingerprint density at radius 1 is 0.515 bits per heavy atom. The van der Waals surface area contributed by atoms with E-state index in [0.717, 1.165) is 12.8 Å². The van der Waals surface area contributed by atoms with Gasteiger partial charge in [0.25, 0.3) is 0 Å². The third-order valence-electron chi connectivity index (χ3n) is 6.44. The number of halogens is 1. The van der Waals surface area contributed by atoms with Crippen molar-refractivity contribution < 1.29 is 21.5 Å². The van der Waals surface area contributed by atoms with Crippen LogP contribution in [0.5, 0.6) is 0 Å². The molecule has 1 aliphatic rings. The number of fused-ring (bicyclic) bond motifs is 3. The molecule has 1 heterocycles. The van der Waals surface area contributed by atoms with Crippen molar-refractivity contribution in [1.82, 2.24) is 0 Å². The lowest BCUT2D eigenvalue weighted by Crippen LogP contribution is -3.00. The SMILES string of the molecule is [Br-].c1ccc(-c2cc(-c3ccccc3)[n+](-c3ccccc3)c3c2CCc2ccccc2-3)cc1. The van der Waals surface area contributed by atoms with E-state index in [1.54, 1.807) is 0 Å². The maximum atomic E-state index is 2.47. The molecule has 4 aromatic carbocycles. The minimum atomic E-state index is 0. The number of para-hydroxylation sites is 1. The van der Waals surface area contributed by atoms with Crippen molar-refractivity contribution in [3.05, 3.63) is 132 Å². The Morgan fingerprint density at radius 3 is 1.79 bits per heavy atom. The van der Waals surface area contributed by atoms with Crippen molar-refractivity contribution >= 4 is 0 Å². The maximum absolute atomic E-state index is 2.47. The van der Waals surface area contributed by atoms with Crippen LogP contribution in [0.4, 0.5) is 0 Å². The molecule has 0 fully saturated rings. The van der Waals surface area contributed by atoms with Crippen molar-refractivity contribution in [1.29, 1.82) is 0 Å². The first kappa shape index (κ1) is 21.4. The smallest absolute Gasteiger partial charge is 0.223 e. The van der Waals surface area contributed by atoms with Crippen LogP contribution in [-0.2, 0) is 12.8 Å². The van der Waals surface area contributed by atoms with Gasteiger partial charge in [0.1, 0.15) is 0 Å². The summed E-state index contributed by atoms with van der Waals surface area (Å²) in [4.78, 5) is 0. The summed E-state index contributed by atoms with van der Waals surface area (Å²) in [5.41, 5.74) is 11.8. The van der Waals surface area contributed by atoms with Crippen molar-refractivity contribution in [2.75, 3.05) is 0 Å². The standard InChI is InChI=1S/C31H24N.BrH/c1-4-12-23(13-5-1)29-22-30(25-15-6-2-7-16-25)32(26-17-8-3-9-18-26)31-27-19-11-10-14-24(27)20-21-28(29)31;/h1-19,22H,20-21H2;1H/q+1;/p-1. The quantitative estimate of drug-likeness (QED) is 0.336. The first-order valence-electron chi connectivity index (χ1n) is 11.3. The van der Waals surface area contributed by atoms with Crippen molar-refractivity contribution in [2.45, 2.75) is 12.8 Å². The zero-order chi connectivity index (χ0) is 21.3. The summed E-state index contributed by atoms with van der Waals surface area (Å²) in [6.45, 7) is 0. The third kappa shape index (κ3) is 3.81. The minimum absolute atomic E-state index is 0. The van der Waals surface area contributed by atoms with Gasteiger partial charge in [-0.1, -0.05) is 84.9 Å². The van der Waals surface area contributed by atoms with Gasteiger partial charge in [0.2, 0.25) is 17.1 Å². The van der Waals surface area contributed by atoms with E-state index in [0.29, 0.717) is 0 Å². The lowest BCUT2D eigenvalue weighted by molar-refractivity contribution is -0.572. The van der Waals surface area contributed by atoms with Crippen molar-refractivity contribution in [3.63, 3.8) is 0 Å². The van der Waals surface area contributed by atoms with Crippen LogP contribution in [0.1, 0.15) is 11.1 Å². The molecule has 2 heteroatoms. The van der Waals surface area contributed by atoms with Crippen LogP contribution >= 0.6 is 0 Å². The van der Waals surface area contributed by atoms with E-state index in [4.69, 9.17) is 0 Å². The Kier molecular flexibility index (Phi) is 5.93. The molecule has 0 spiro atoms. The fourth-order valence-electron chi connectivity index (χ4n) is 4.98. The molecule has 0 atom stereocenters. The van der Waals surface area contributed by atoms with E-state index in [1.807, 2.05) is 0 Å². The average Bonchev–Trinajstić information content (AvgIpc) is 2.89. The zero-order valence-corrected chi connectivity index (χ0v) is 19.9. The van der Waals surface area contributed by atoms with Gasteiger partial charge in [-0.15, -0.1) is 0 Å². The second kappa shape index (κ2) is 9.17. The molecule has 0 saturated heterocycles. The van der Waals surface area contributed by atoms with E-state index < -0.39 is 0 Å². The van der Waals surface area contributed by atoms with Crippen LogP contribution in [0.15, 0.2) is 121 Å². The van der Waals surface area contributed by atoms with E-state index in [9.17, 15) is 0 Å². The van der Waals surface area contributed by atoms with Gasteiger partial charge >= 0.3 is 0 Å². The van der Waals surface area contributed by atoms with E-state index in [1.165, 1.54) is 50.5 Å². The predicted molar refractivity (Wildman–Crippen MR) is 132 cm³/mol. The molecule has 0 N–H and O–H groups in total. The second-order valence-corrected chi connectivity index (χ2v) is 8.33.